The first-order valence-corrected chi connectivity index (χ1v) is 6.49. The summed E-state index contributed by atoms with van der Waals surface area (Å²) < 4.78 is 6.87. The monoisotopic (exact) mass is 308 g/mol. The number of pyridine rings is 1. The van der Waals surface area contributed by atoms with Crippen LogP contribution in [0.15, 0.2) is 30.5 Å². The molecule has 0 aliphatic carbocycles. The Hall–Kier alpha value is -1.98. The van der Waals surface area contributed by atoms with Crippen LogP contribution >= 0.6 is 23.2 Å². The summed E-state index contributed by atoms with van der Waals surface area (Å²) >= 11 is 12.1. The predicted molar refractivity (Wildman–Crippen MR) is 79.8 cm³/mol. The molecule has 0 fully saturated rings. The van der Waals surface area contributed by atoms with Crippen LogP contribution in [0.5, 0.6) is 5.75 Å². The van der Waals surface area contributed by atoms with E-state index in [4.69, 9.17) is 33.7 Å². The van der Waals surface area contributed by atoms with E-state index in [-0.39, 0.29) is 5.95 Å². The molecule has 0 saturated carbocycles. The van der Waals surface area contributed by atoms with Crippen LogP contribution in [0.1, 0.15) is 0 Å². The molecule has 2 aromatic heterocycles. The number of rotatable bonds is 2. The minimum absolute atomic E-state index is 0.282. The zero-order valence-electron chi connectivity index (χ0n) is 10.5. The molecule has 0 radical (unpaired) electrons. The molecule has 0 bridgehead atoms. The third-order valence-electron chi connectivity index (χ3n) is 2.88. The van der Waals surface area contributed by atoms with E-state index in [0.717, 1.165) is 0 Å². The van der Waals surface area contributed by atoms with Crippen LogP contribution in [0.4, 0.5) is 5.95 Å². The number of imidazole rings is 1. The van der Waals surface area contributed by atoms with Crippen molar-refractivity contribution in [1.82, 2.24) is 14.5 Å². The maximum absolute atomic E-state index is 6.23. The lowest BCUT2D eigenvalue weighted by molar-refractivity contribution is 0.414. The van der Waals surface area contributed by atoms with Gasteiger partial charge >= 0.3 is 0 Å². The Morgan fingerprint density at radius 3 is 2.80 bits per heavy atom. The van der Waals surface area contributed by atoms with E-state index in [0.29, 0.717) is 32.6 Å². The Balaban J connectivity index is 2.31. The van der Waals surface area contributed by atoms with Gasteiger partial charge in [-0.2, -0.15) is 0 Å². The normalized spacial score (nSPS) is 10.9. The molecule has 0 unspecified atom stereocenters. The van der Waals surface area contributed by atoms with Crippen LogP contribution in [0.25, 0.3) is 16.9 Å². The van der Waals surface area contributed by atoms with Crippen LogP contribution < -0.4 is 10.5 Å². The van der Waals surface area contributed by atoms with Gasteiger partial charge in [-0.3, -0.25) is 4.57 Å². The van der Waals surface area contributed by atoms with Crippen LogP contribution in [0.3, 0.4) is 0 Å². The van der Waals surface area contributed by atoms with Crippen molar-refractivity contribution in [2.24, 2.45) is 0 Å². The van der Waals surface area contributed by atoms with E-state index in [2.05, 4.69) is 9.97 Å². The Morgan fingerprint density at radius 1 is 1.25 bits per heavy atom. The van der Waals surface area contributed by atoms with Gasteiger partial charge in [0.1, 0.15) is 11.3 Å². The summed E-state index contributed by atoms with van der Waals surface area (Å²) in [5.74, 6) is 0.949. The summed E-state index contributed by atoms with van der Waals surface area (Å²) in [6.45, 7) is 0. The van der Waals surface area contributed by atoms with Gasteiger partial charge in [0.05, 0.1) is 22.8 Å². The van der Waals surface area contributed by atoms with Gasteiger partial charge in [-0.05, 0) is 18.2 Å². The van der Waals surface area contributed by atoms with Crippen molar-refractivity contribution in [1.29, 1.82) is 0 Å². The number of halogens is 2. The molecule has 7 heteroatoms. The molecule has 0 atom stereocenters. The number of hydrogen-bond acceptors (Lipinski definition) is 4. The highest BCUT2D eigenvalue weighted by atomic mass is 35.5. The van der Waals surface area contributed by atoms with E-state index in [1.807, 2.05) is 0 Å². The van der Waals surface area contributed by atoms with Gasteiger partial charge in [-0.1, -0.05) is 23.2 Å². The smallest absolute Gasteiger partial charge is 0.207 e. The number of anilines is 1. The highest BCUT2D eigenvalue weighted by Crippen LogP contribution is 2.30. The van der Waals surface area contributed by atoms with Crippen LogP contribution in [0, 0.1) is 0 Å². The van der Waals surface area contributed by atoms with Crippen molar-refractivity contribution in [3.63, 3.8) is 0 Å². The molecule has 3 aromatic rings. The number of methoxy groups -OCH3 is 1. The van der Waals surface area contributed by atoms with Crippen LogP contribution in [-0.2, 0) is 0 Å². The Morgan fingerprint density at radius 2 is 2.05 bits per heavy atom. The summed E-state index contributed by atoms with van der Waals surface area (Å²) in [6, 6.07) is 6.98. The number of nitrogens with zero attached hydrogens (tertiary/aromatic N) is 3. The second-order valence-electron chi connectivity index (χ2n) is 4.12. The molecular weight excluding hydrogens is 299 g/mol. The first kappa shape index (κ1) is 13.0. The fraction of sp³-hybridized carbons (Fsp3) is 0.0769. The van der Waals surface area contributed by atoms with Gasteiger partial charge in [0.2, 0.25) is 5.95 Å². The minimum atomic E-state index is 0.282. The number of nitrogen functional groups attached to an aromatic ring is 1. The van der Waals surface area contributed by atoms with Gasteiger partial charge in [-0.25, -0.2) is 9.97 Å². The van der Waals surface area contributed by atoms with Crippen LogP contribution in [-0.4, -0.2) is 21.6 Å². The maximum Gasteiger partial charge on any atom is 0.207 e. The molecule has 0 aliphatic heterocycles. The van der Waals surface area contributed by atoms with E-state index >= 15 is 0 Å². The van der Waals surface area contributed by atoms with E-state index < -0.39 is 0 Å². The molecule has 0 spiro atoms. The number of fused-ring (bicyclic) bond motifs is 1. The van der Waals surface area contributed by atoms with E-state index in [9.17, 15) is 0 Å². The molecule has 1 aromatic carbocycles. The topological polar surface area (TPSA) is 66.0 Å². The second-order valence-corrected chi connectivity index (χ2v) is 4.96. The lowest BCUT2D eigenvalue weighted by Gasteiger charge is -2.10. The number of ether oxygens (including phenoxy) is 1. The SMILES string of the molecule is COc1ccc(Cl)c(-n2c(N)nc3cc(Cl)cnc32)c1. The summed E-state index contributed by atoms with van der Waals surface area (Å²) in [5.41, 5.74) is 7.81. The minimum Gasteiger partial charge on any atom is -0.497 e. The highest BCUT2D eigenvalue weighted by Gasteiger charge is 2.15. The highest BCUT2D eigenvalue weighted by molar-refractivity contribution is 6.32. The average Bonchev–Trinajstić information content (AvgIpc) is 2.74. The fourth-order valence-electron chi connectivity index (χ4n) is 1.99. The average molecular weight is 309 g/mol. The zero-order chi connectivity index (χ0) is 14.3. The molecule has 2 N–H and O–H groups in total. The summed E-state index contributed by atoms with van der Waals surface area (Å²) in [4.78, 5) is 8.50. The first-order valence-electron chi connectivity index (χ1n) is 5.73. The van der Waals surface area contributed by atoms with Gasteiger partial charge in [0.15, 0.2) is 5.65 Å². The number of nitrogens with two attached hydrogens (primary N) is 1. The molecule has 0 aliphatic rings. The second kappa shape index (κ2) is 4.85. The van der Waals surface area contributed by atoms with Gasteiger partial charge in [-0.15, -0.1) is 0 Å². The van der Waals surface area contributed by atoms with Gasteiger partial charge < -0.3 is 10.5 Å². The quantitative estimate of drug-likeness (QED) is 0.788. The van der Waals surface area contributed by atoms with Crippen LogP contribution in [0.2, 0.25) is 10.0 Å². The molecule has 2 heterocycles. The van der Waals surface area contributed by atoms with Gasteiger partial charge in [0.25, 0.3) is 0 Å². The molecular formula is C13H10Cl2N4O. The van der Waals surface area contributed by atoms with Crippen molar-refractivity contribution >= 4 is 40.3 Å². The summed E-state index contributed by atoms with van der Waals surface area (Å²) in [7, 11) is 1.58. The predicted octanol–water partition coefficient (Wildman–Crippen LogP) is 3.32. The third kappa shape index (κ3) is 2.05. The maximum atomic E-state index is 6.23. The summed E-state index contributed by atoms with van der Waals surface area (Å²) in [6.07, 6.45) is 1.54. The van der Waals surface area contributed by atoms with Gasteiger partial charge in [0, 0.05) is 12.3 Å². The van der Waals surface area contributed by atoms with E-state index in [1.54, 1.807) is 35.9 Å². The van der Waals surface area contributed by atoms with E-state index in [1.165, 1.54) is 6.20 Å². The summed E-state index contributed by atoms with van der Waals surface area (Å²) in [5, 5.41) is 1.02. The number of hydrogen-bond donors (Lipinski definition) is 1. The lowest BCUT2D eigenvalue weighted by atomic mass is 10.3. The Labute approximate surface area is 124 Å². The standard InChI is InChI=1S/C13H10Cl2N4O/c1-20-8-2-3-9(15)11(5-8)19-12-10(18-13(19)16)4-7(14)6-17-12/h2-6H,1H3,(H2,16,18). The molecule has 0 saturated heterocycles. The lowest BCUT2D eigenvalue weighted by Crippen LogP contribution is -2.02. The number of aromatic nitrogens is 3. The van der Waals surface area contributed by atoms with Crippen molar-refractivity contribution < 1.29 is 4.74 Å². The molecule has 102 valence electrons. The molecule has 20 heavy (non-hydrogen) atoms. The first-order chi connectivity index (χ1) is 9.60. The molecule has 0 amide bonds. The third-order valence-corrected chi connectivity index (χ3v) is 3.41. The Bertz CT molecular complexity index is 800. The molecule has 3 rings (SSSR count). The fourth-order valence-corrected chi connectivity index (χ4v) is 2.34. The van der Waals surface area contributed by atoms with Crippen molar-refractivity contribution in [2.75, 3.05) is 12.8 Å². The number of benzene rings is 1. The molecule has 5 nitrogen and oxygen atoms in total. The largest absolute Gasteiger partial charge is 0.497 e. The van der Waals surface area contributed by atoms with Crippen molar-refractivity contribution in [3.05, 3.63) is 40.5 Å². The zero-order valence-corrected chi connectivity index (χ0v) is 12.0. The van der Waals surface area contributed by atoms with Crippen molar-refractivity contribution in [2.45, 2.75) is 0 Å². The Kier molecular flexibility index (Phi) is 3.16. The van der Waals surface area contributed by atoms with Crippen molar-refractivity contribution in [3.8, 4) is 11.4 Å².